The topological polar surface area (TPSA) is 77.7 Å². The zero-order chi connectivity index (χ0) is 14.7. The maximum atomic E-state index is 9.42. The molecule has 3 rings (SSSR count). The Balaban J connectivity index is 1.83. The van der Waals surface area contributed by atoms with E-state index < -0.39 is 0 Å². The highest BCUT2D eigenvalue weighted by Gasteiger charge is 2.00. The number of hydrogen-bond donors (Lipinski definition) is 3. The highest BCUT2D eigenvalue weighted by atomic mass is 16.3. The second-order valence-corrected chi connectivity index (χ2v) is 4.50. The summed E-state index contributed by atoms with van der Waals surface area (Å²) >= 11 is 0. The van der Waals surface area contributed by atoms with Crippen LogP contribution in [0.5, 0.6) is 11.5 Å². The van der Waals surface area contributed by atoms with Crippen molar-refractivity contribution in [1.82, 2.24) is 4.98 Å². The molecule has 0 saturated heterocycles. The highest BCUT2D eigenvalue weighted by molar-refractivity contribution is 5.90. The number of aromatic hydroxyl groups is 2. The minimum absolute atomic E-state index is 0.154. The van der Waals surface area contributed by atoms with Gasteiger partial charge in [-0.15, -0.1) is 0 Å². The average molecular weight is 279 g/mol. The van der Waals surface area contributed by atoms with E-state index in [-0.39, 0.29) is 11.5 Å². The fourth-order valence-electron chi connectivity index (χ4n) is 1.99. The summed E-state index contributed by atoms with van der Waals surface area (Å²) in [7, 11) is 0. The number of hydrazone groups is 1. The van der Waals surface area contributed by atoms with Crippen LogP contribution in [0.1, 0.15) is 5.56 Å². The molecule has 0 atom stereocenters. The van der Waals surface area contributed by atoms with Gasteiger partial charge in [-0.05, 0) is 35.9 Å². The van der Waals surface area contributed by atoms with Gasteiger partial charge in [0.05, 0.1) is 17.4 Å². The number of aromatic nitrogens is 1. The maximum Gasteiger partial charge on any atom is 0.158 e. The van der Waals surface area contributed by atoms with Gasteiger partial charge in [-0.3, -0.25) is 10.4 Å². The first kappa shape index (κ1) is 12.9. The minimum Gasteiger partial charge on any atom is -0.504 e. The number of pyridine rings is 1. The first-order chi connectivity index (χ1) is 10.2. The van der Waals surface area contributed by atoms with Crippen molar-refractivity contribution in [2.75, 3.05) is 5.43 Å². The molecule has 0 aliphatic rings. The molecule has 3 N–H and O–H groups in total. The number of nitrogens with one attached hydrogen (secondary N) is 1. The molecule has 0 aliphatic carbocycles. The predicted octanol–water partition coefficient (Wildman–Crippen LogP) is 3.09. The van der Waals surface area contributed by atoms with Gasteiger partial charge in [0.15, 0.2) is 11.5 Å². The fraction of sp³-hybridized carbons (Fsp3) is 0. The van der Waals surface area contributed by atoms with E-state index in [1.54, 1.807) is 18.5 Å². The summed E-state index contributed by atoms with van der Waals surface area (Å²) in [6, 6.07) is 14.2. The van der Waals surface area contributed by atoms with Crippen molar-refractivity contribution in [3.8, 4) is 11.5 Å². The smallest absolute Gasteiger partial charge is 0.158 e. The largest absolute Gasteiger partial charge is 0.504 e. The van der Waals surface area contributed by atoms with Crippen molar-refractivity contribution in [2.24, 2.45) is 5.10 Å². The molecular formula is C16H13N3O2. The summed E-state index contributed by atoms with van der Waals surface area (Å²) in [5.74, 6) is -0.329. The Morgan fingerprint density at radius 1 is 1.00 bits per heavy atom. The fourth-order valence-corrected chi connectivity index (χ4v) is 1.99. The normalized spacial score (nSPS) is 11.0. The van der Waals surface area contributed by atoms with E-state index in [4.69, 9.17) is 0 Å². The van der Waals surface area contributed by atoms with Gasteiger partial charge in [-0.2, -0.15) is 5.10 Å². The lowest BCUT2D eigenvalue weighted by molar-refractivity contribution is 0.403. The first-order valence-corrected chi connectivity index (χ1v) is 6.39. The molecule has 0 fully saturated rings. The molecule has 3 aromatic rings. The third-order valence-electron chi connectivity index (χ3n) is 3.03. The Morgan fingerprint density at radius 2 is 1.86 bits per heavy atom. The van der Waals surface area contributed by atoms with Crippen LogP contribution < -0.4 is 5.43 Å². The van der Waals surface area contributed by atoms with Gasteiger partial charge in [-0.25, -0.2) is 0 Å². The van der Waals surface area contributed by atoms with E-state index in [1.807, 2.05) is 30.3 Å². The number of phenols is 2. The van der Waals surface area contributed by atoms with Crippen LogP contribution in [0.3, 0.4) is 0 Å². The van der Waals surface area contributed by atoms with Crippen molar-refractivity contribution in [1.29, 1.82) is 0 Å². The van der Waals surface area contributed by atoms with Gasteiger partial charge in [-0.1, -0.05) is 18.2 Å². The van der Waals surface area contributed by atoms with E-state index in [0.29, 0.717) is 5.56 Å². The first-order valence-electron chi connectivity index (χ1n) is 6.39. The number of nitrogens with zero attached hydrogens (tertiary/aromatic N) is 2. The van der Waals surface area contributed by atoms with Crippen LogP contribution in [0.2, 0.25) is 0 Å². The van der Waals surface area contributed by atoms with Crippen LogP contribution in [-0.4, -0.2) is 21.4 Å². The van der Waals surface area contributed by atoms with Crippen LogP contribution >= 0.6 is 0 Å². The van der Waals surface area contributed by atoms with Crippen LogP contribution in [-0.2, 0) is 0 Å². The average Bonchev–Trinajstić information content (AvgIpc) is 2.51. The molecule has 5 nitrogen and oxygen atoms in total. The van der Waals surface area contributed by atoms with E-state index in [9.17, 15) is 10.2 Å². The second kappa shape index (κ2) is 5.50. The summed E-state index contributed by atoms with van der Waals surface area (Å²) in [5, 5.41) is 23.8. The SMILES string of the molecule is Oc1ccc(/C=N/Nc2cccc3cccnc23)cc1O. The van der Waals surface area contributed by atoms with Gasteiger partial charge in [0.25, 0.3) is 0 Å². The van der Waals surface area contributed by atoms with Gasteiger partial charge in [0.1, 0.15) is 0 Å². The van der Waals surface area contributed by atoms with E-state index in [2.05, 4.69) is 15.5 Å². The third kappa shape index (κ3) is 2.76. The Bertz CT molecular complexity index is 810. The molecule has 5 heteroatoms. The molecule has 0 radical (unpaired) electrons. The summed E-state index contributed by atoms with van der Waals surface area (Å²) in [4.78, 5) is 4.32. The number of phenolic OH excluding ortho intramolecular Hbond substituents is 2. The monoisotopic (exact) mass is 279 g/mol. The van der Waals surface area contributed by atoms with Crippen molar-refractivity contribution < 1.29 is 10.2 Å². The van der Waals surface area contributed by atoms with Crippen LogP contribution in [0.25, 0.3) is 10.9 Å². The third-order valence-corrected chi connectivity index (χ3v) is 3.03. The summed E-state index contributed by atoms with van der Waals surface area (Å²) in [6.45, 7) is 0. The zero-order valence-corrected chi connectivity index (χ0v) is 11.1. The summed E-state index contributed by atoms with van der Waals surface area (Å²) in [5.41, 5.74) is 5.24. The van der Waals surface area contributed by atoms with Crippen molar-refractivity contribution in [3.05, 3.63) is 60.3 Å². The molecule has 1 aromatic heterocycles. The van der Waals surface area contributed by atoms with Gasteiger partial charge >= 0.3 is 0 Å². The molecule has 21 heavy (non-hydrogen) atoms. The lowest BCUT2D eigenvalue weighted by atomic mass is 10.2. The molecule has 1 heterocycles. The number of fused-ring (bicyclic) bond motifs is 1. The van der Waals surface area contributed by atoms with Gasteiger partial charge in [0, 0.05) is 11.6 Å². The minimum atomic E-state index is -0.175. The number of hydrogen-bond acceptors (Lipinski definition) is 5. The Kier molecular flexibility index (Phi) is 3.39. The lowest BCUT2D eigenvalue weighted by Gasteiger charge is -2.04. The summed E-state index contributed by atoms with van der Waals surface area (Å²) < 4.78 is 0. The number of anilines is 1. The molecule has 0 unspecified atom stereocenters. The molecule has 2 aromatic carbocycles. The van der Waals surface area contributed by atoms with Crippen molar-refractivity contribution >= 4 is 22.8 Å². The van der Waals surface area contributed by atoms with Crippen molar-refractivity contribution in [2.45, 2.75) is 0 Å². The molecule has 0 saturated carbocycles. The van der Waals surface area contributed by atoms with E-state index in [0.717, 1.165) is 16.6 Å². The lowest BCUT2D eigenvalue weighted by Crippen LogP contribution is -1.92. The highest BCUT2D eigenvalue weighted by Crippen LogP contribution is 2.24. The maximum absolute atomic E-state index is 9.42. The summed E-state index contributed by atoms with van der Waals surface area (Å²) in [6.07, 6.45) is 3.29. The molecule has 0 bridgehead atoms. The van der Waals surface area contributed by atoms with Crippen LogP contribution in [0.4, 0.5) is 5.69 Å². The Morgan fingerprint density at radius 3 is 2.71 bits per heavy atom. The van der Waals surface area contributed by atoms with Gasteiger partial charge < -0.3 is 10.2 Å². The Hall–Kier alpha value is -3.08. The van der Waals surface area contributed by atoms with Crippen molar-refractivity contribution in [3.63, 3.8) is 0 Å². The van der Waals surface area contributed by atoms with Crippen LogP contribution in [0.15, 0.2) is 59.8 Å². The molecular weight excluding hydrogens is 266 g/mol. The number of para-hydroxylation sites is 1. The van der Waals surface area contributed by atoms with Crippen LogP contribution in [0, 0.1) is 0 Å². The number of benzene rings is 2. The molecule has 0 aliphatic heterocycles. The molecule has 104 valence electrons. The standard InChI is InChI=1S/C16H13N3O2/c20-14-7-6-11(9-15(14)21)10-18-19-13-5-1-3-12-4-2-8-17-16(12)13/h1-10,19-21H/b18-10+. The molecule has 0 spiro atoms. The quantitative estimate of drug-likeness (QED) is 0.391. The Labute approximate surface area is 121 Å². The predicted molar refractivity (Wildman–Crippen MR) is 82.7 cm³/mol. The van der Waals surface area contributed by atoms with E-state index >= 15 is 0 Å². The van der Waals surface area contributed by atoms with E-state index in [1.165, 1.54) is 12.1 Å². The number of rotatable bonds is 3. The second-order valence-electron chi connectivity index (χ2n) is 4.50. The zero-order valence-electron chi connectivity index (χ0n) is 11.1. The molecule has 0 amide bonds. The van der Waals surface area contributed by atoms with Gasteiger partial charge in [0.2, 0.25) is 0 Å².